The molecule has 0 amide bonds. The quantitative estimate of drug-likeness (QED) is 0.588. The summed E-state index contributed by atoms with van der Waals surface area (Å²) in [6, 6.07) is 3.19. The summed E-state index contributed by atoms with van der Waals surface area (Å²) in [4.78, 5) is 0. The molecule has 0 aromatic carbocycles. The van der Waals surface area contributed by atoms with Crippen LogP contribution in [-0.2, 0) is 0 Å². The van der Waals surface area contributed by atoms with Crippen molar-refractivity contribution in [1.82, 2.24) is 0 Å². The summed E-state index contributed by atoms with van der Waals surface area (Å²) in [5, 5.41) is 34.7. The Morgan fingerprint density at radius 1 is 1.27 bits per heavy atom. The minimum Gasteiger partial charge on any atom is -0.390 e. The summed E-state index contributed by atoms with van der Waals surface area (Å²) in [6.45, 7) is 1.67. The number of nitriles is 2. The van der Waals surface area contributed by atoms with Gasteiger partial charge in [-0.3, -0.25) is 0 Å². The summed E-state index contributed by atoms with van der Waals surface area (Å²) in [7, 11) is 0. The molecule has 60 valence electrons. The van der Waals surface area contributed by atoms with Crippen LogP contribution in [0, 0.1) is 28.6 Å². The van der Waals surface area contributed by atoms with Gasteiger partial charge >= 0.3 is 0 Å². The Morgan fingerprint density at radius 2 is 1.73 bits per heavy atom. The summed E-state index contributed by atoms with van der Waals surface area (Å²) in [5.41, 5.74) is 0. The van der Waals surface area contributed by atoms with Crippen molar-refractivity contribution in [3.05, 3.63) is 0 Å². The van der Waals surface area contributed by atoms with E-state index in [1.807, 2.05) is 0 Å². The molecule has 0 bridgehead atoms. The Balaban J connectivity index is 4.14. The Morgan fingerprint density at radius 3 is 2.00 bits per heavy atom. The number of rotatable bonds is 3. The van der Waals surface area contributed by atoms with Crippen molar-refractivity contribution in [2.24, 2.45) is 5.92 Å². The summed E-state index contributed by atoms with van der Waals surface area (Å²) in [6.07, 6.45) is -1.91. The van der Waals surface area contributed by atoms with Gasteiger partial charge in [0.15, 0.2) is 5.92 Å². The number of hydrogen-bond acceptors (Lipinski definition) is 4. The topological polar surface area (TPSA) is 88.0 Å². The number of hydrogen-bond donors (Lipinski definition) is 2. The van der Waals surface area contributed by atoms with Crippen LogP contribution in [0.4, 0.5) is 0 Å². The highest BCUT2D eigenvalue weighted by Gasteiger charge is 2.24. The van der Waals surface area contributed by atoms with Crippen LogP contribution in [0.25, 0.3) is 0 Å². The van der Waals surface area contributed by atoms with E-state index in [0.717, 1.165) is 0 Å². The van der Waals surface area contributed by atoms with E-state index in [9.17, 15) is 0 Å². The van der Waals surface area contributed by atoms with Crippen LogP contribution in [0.3, 0.4) is 0 Å². The Bertz CT molecular complexity index is 178. The molecule has 0 saturated heterocycles. The average Bonchev–Trinajstić information content (AvgIpc) is 2.05. The normalized spacial score (nSPS) is 15.1. The third-order valence-electron chi connectivity index (χ3n) is 1.43. The number of aliphatic hydroxyl groups is 2. The van der Waals surface area contributed by atoms with Gasteiger partial charge in [0.25, 0.3) is 0 Å². The molecule has 0 spiro atoms. The average molecular weight is 154 g/mol. The van der Waals surface area contributed by atoms with Crippen molar-refractivity contribution in [2.75, 3.05) is 0 Å². The second kappa shape index (κ2) is 4.68. The van der Waals surface area contributed by atoms with Crippen molar-refractivity contribution < 1.29 is 10.2 Å². The van der Waals surface area contributed by atoms with E-state index in [1.165, 1.54) is 0 Å². The highest BCUT2D eigenvalue weighted by Crippen LogP contribution is 2.08. The molecule has 0 radical (unpaired) electrons. The van der Waals surface area contributed by atoms with Gasteiger partial charge in [-0.25, -0.2) is 0 Å². The van der Waals surface area contributed by atoms with Crippen LogP contribution in [0.1, 0.15) is 13.3 Å². The van der Waals surface area contributed by atoms with Gasteiger partial charge in [0.2, 0.25) is 0 Å². The van der Waals surface area contributed by atoms with Gasteiger partial charge in [-0.2, -0.15) is 10.5 Å². The fraction of sp³-hybridized carbons (Fsp3) is 0.714. The van der Waals surface area contributed by atoms with Gasteiger partial charge in [-0.05, 0) is 6.42 Å². The van der Waals surface area contributed by atoms with Crippen molar-refractivity contribution >= 4 is 0 Å². The minimum atomic E-state index is -1.25. The van der Waals surface area contributed by atoms with E-state index in [4.69, 9.17) is 20.7 Å². The maximum Gasteiger partial charge on any atom is 0.161 e. The fourth-order valence-corrected chi connectivity index (χ4v) is 0.645. The second-order valence-electron chi connectivity index (χ2n) is 2.20. The van der Waals surface area contributed by atoms with E-state index in [0.29, 0.717) is 6.42 Å². The second-order valence-corrected chi connectivity index (χ2v) is 2.20. The molecular formula is C7H10N2O2. The van der Waals surface area contributed by atoms with Crippen LogP contribution in [0.5, 0.6) is 0 Å². The zero-order valence-electron chi connectivity index (χ0n) is 6.23. The Labute approximate surface area is 65.3 Å². The zero-order chi connectivity index (χ0) is 8.85. The molecule has 4 heteroatoms. The van der Waals surface area contributed by atoms with Crippen LogP contribution in [-0.4, -0.2) is 22.4 Å². The number of nitrogens with zero attached hydrogens (tertiary/aromatic N) is 2. The van der Waals surface area contributed by atoms with Gasteiger partial charge in [0, 0.05) is 0 Å². The highest BCUT2D eigenvalue weighted by molar-refractivity contribution is 5.04. The largest absolute Gasteiger partial charge is 0.390 e. The molecule has 0 aliphatic heterocycles. The van der Waals surface area contributed by atoms with Gasteiger partial charge in [0.05, 0.1) is 18.2 Å². The molecule has 2 N–H and O–H groups in total. The predicted molar refractivity (Wildman–Crippen MR) is 37.0 cm³/mol. The molecule has 0 saturated carbocycles. The maximum atomic E-state index is 9.08. The standard InChI is InChI=1S/C7H10N2O2/c1-2-6(10)7(11)5(3-8)4-9/h5-7,10-11H,2H2,1H3. The summed E-state index contributed by atoms with van der Waals surface area (Å²) >= 11 is 0. The van der Waals surface area contributed by atoms with Gasteiger partial charge in [-0.15, -0.1) is 0 Å². The first-order valence-electron chi connectivity index (χ1n) is 3.32. The Kier molecular flexibility index (Phi) is 4.21. The first-order chi connectivity index (χ1) is 5.17. The molecule has 0 heterocycles. The molecule has 2 unspecified atom stereocenters. The van der Waals surface area contributed by atoms with Crippen LogP contribution >= 0.6 is 0 Å². The third kappa shape index (κ3) is 2.55. The lowest BCUT2D eigenvalue weighted by atomic mass is 9.99. The molecule has 4 nitrogen and oxygen atoms in total. The van der Waals surface area contributed by atoms with Gasteiger partial charge in [-0.1, -0.05) is 6.92 Å². The molecule has 2 atom stereocenters. The SMILES string of the molecule is CCC(O)C(O)C(C#N)C#N. The lowest BCUT2D eigenvalue weighted by Crippen LogP contribution is -2.31. The van der Waals surface area contributed by atoms with Crippen LogP contribution in [0.2, 0.25) is 0 Å². The third-order valence-corrected chi connectivity index (χ3v) is 1.43. The van der Waals surface area contributed by atoms with Crippen molar-refractivity contribution in [3.63, 3.8) is 0 Å². The molecule has 11 heavy (non-hydrogen) atoms. The van der Waals surface area contributed by atoms with E-state index in [-0.39, 0.29) is 0 Å². The molecule has 0 aliphatic rings. The molecule has 0 rings (SSSR count). The van der Waals surface area contributed by atoms with Crippen molar-refractivity contribution in [2.45, 2.75) is 25.6 Å². The first kappa shape index (κ1) is 9.90. The molecule has 0 fully saturated rings. The summed E-state index contributed by atoms with van der Waals surface area (Å²) in [5.74, 6) is -1.13. The first-order valence-corrected chi connectivity index (χ1v) is 3.32. The van der Waals surface area contributed by atoms with E-state index in [2.05, 4.69) is 0 Å². The van der Waals surface area contributed by atoms with E-state index < -0.39 is 18.1 Å². The number of aliphatic hydroxyl groups excluding tert-OH is 2. The lowest BCUT2D eigenvalue weighted by molar-refractivity contribution is 0.00600. The maximum absolute atomic E-state index is 9.08. The smallest absolute Gasteiger partial charge is 0.161 e. The lowest BCUT2D eigenvalue weighted by Gasteiger charge is -2.15. The summed E-state index contributed by atoms with van der Waals surface area (Å²) < 4.78 is 0. The predicted octanol–water partition coefficient (Wildman–Crippen LogP) is -0.218. The Hall–Kier alpha value is -1.10. The van der Waals surface area contributed by atoms with Crippen molar-refractivity contribution in [1.29, 1.82) is 10.5 Å². The fourth-order valence-electron chi connectivity index (χ4n) is 0.645. The van der Waals surface area contributed by atoms with Gasteiger partial charge in [0.1, 0.15) is 6.10 Å². The monoisotopic (exact) mass is 154 g/mol. The van der Waals surface area contributed by atoms with Crippen LogP contribution < -0.4 is 0 Å². The van der Waals surface area contributed by atoms with Crippen LogP contribution in [0.15, 0.2) is 0 Å². The molecular weight excluding hydrogens is 144 g/mol. The highest BCUT2D eigenvalue weighted by atomic mass is 16.3. The van der Waals surface area contributed by atoms with E-state index in [1.54, 1.807) is 19.1 Å². The molecule has 0 aromatic heterocycles. The minimum absolute atomic E-state index is 0.334. The van der Waals surface area contributed by atoms with Gasteiger partial charge < -0.3 is 10.2 Å². The molecule has 0 aliphatic carbocycles. The zero-order valence-corrected chi connectivity index (χ0v) is 6.23. The van der Waals surface area contributed by atoms with Crippen molar-refractivity contribution in [3.8, 4) is 12.1 Å². The van der Waals surface area contributed by atoms with E-state index >= 15 is 0 Å². The molecule has 0 aromatic rings.